The molecule has 0 saturated heterocycles. The molecule has 0 aliphatic rings. The molecule has 8 heteroatoms. The average Bonchev–Trinajstić information content (AvgIpc) is 2.40. The van der Waals surface area contributed by atoms with Crippen molar-refractivity contribution in [3.8, 4) is 11.5 Å². The number of methoxy groups -OCH3 is 2. The van der Waals surface area contributed by atoms with Crippen LogP contribution in [0.5, 0.6) is 11.5 Å². The topological polar surface area (TPSA) is 94.1 Å². The van der Waals surface area contributed by atoms with Gasteiger partial charge in [0.1, 0.15) is 13.2 Å². The van der Waals surface area contributed by atoms with Gasteiger partial charge in [0.2, 0.25) is 5.91 Å². The Labute approximate surface area is 120 Å². The molecule has 0 atom stereocenters. The van der Waals surface area contributed by atoms with E-state index in [4.69, 9.17) is 26.2 Å². The Morgan fingerprint density at radius 2 is 1.80 bits per heavy atom. The molecule has 1 aromatic rings. The van der Waals surface area contributed by atoms with E-state index < -0.39 is 25.1 Å². The van der Waals surface area contributed by atoms with E-state index in [2.05, 4.69) is 10.1 Å². The molecule has 0 aliphatic heterocycles. The summed E-state index contributed by atoms with van der Waals surface area (Å²) in [6.45, 7) is -0.940. The predicted molar refractivity (Wildman–Crippen MR) is 71.6 cm³/mol. The Balaban J connectivity index is 2.72. The van der Waals surface area contributed by atoms with Gasteiger partial charge < -0.3 is 24.6 Å². The molecule has 7 nitrogen and oxygen atoms in total. The predicted octanol–water partition coefficient (Wildman–Crippen LogP) is 1.40. The number of anilines is 1. The quantitative estimate of drug-likeness (QED) is 0.790. The number of carbonyl (C=O) groups excluding carboxylic acids is 1. The number of hydrogen-bond acceptors (Lipinski definition) is 5. The fourth-order valence-corrected chi connectivity index (χ4v) is 1.57. The van der Waals surface area contributed by atoms with Gasteiger partial charge >= 0.3 is 5.97 Å². The van der Waals surface area contributed by atoms with Crippen molar-refractivity contribution < 1.29 is 28.9 Å². The van der Waals surface area contributed by atoms with E-state index in [0.717, 1.165) is 0 Å². The van der Waals surface area contributed by atoms with Crippen molar-refractivity contribution in [1.29, 1.82) is 0 Å². The van der Waals surface area contributed by atoms with Crippen molar-refractivity contribution in [2.24, 2.45) is 0 Å². The molecule has 20 heavy (non-hydrogen) atoms. The Morgan fingerprint density at radius 1 is 1.20 bits per heavy atom. The molecule has 0 spiro atoms. The number of carboxylic acids is 1. The van der Waals surface area contributed by atoms with Gasteiger partial charge in [0.25, 0.3) is 0 Å². The number of ether oxygens (including phenoxy) is 3. The summed E-state index contributed by atoms with van der Waals surface area (Å²) in [5, 5.41) is 11.1. The highest BCUT2D eigenvalue weighted by Gasteiger charge is 2.12. The maximum atomic E-state index is 11.5. The van der Waals surface area contributed by atoms with Gasteiger partial charge in [-0.15, -0.1) is 0 Å². The highest BCUT2D eigenvalue weighted by atomic mass is 35.5. The summed E-state index contributed by atoms with van der Waals surface area (Å²) in [5.41, 5.74) is 0.313. The number of halogens is 1. The van der Waals surface area contributed by atoms with Crippen molar-refractivity contribution in [3.63, 3.8) is 0 Å². The lowest BCUT2D eigenvalue weighted by molar-refractivity contribution is -0.143. The van der Waals surface area contributed by atoms with Crippen molar-refractivity contribution in [2.75, 3.05) is 32.8 Å². The zero-order valence-corrected chi connectivity index (χ0v) is 11.7. The summed E-state index contributed by atoms with van der Waals surface area (Å²) in [6, 6.07) is 2.99. The molecule has 2 N–H and O–H groups in total. The van der Waals surface area contributed by atoms with Crippen LogP contribution in [0.1, 0.15) is 0 Å². The van der Waals surface area contributed by atoms with E-state index in [1.54, 1.807) is 0 Å². The fourth-order valence-electron chi connectivity index (χ4n) is 1.37. The van der Waals surface area contributed by atoms with E-state index >= 15 is 0 Å². The van der Waals surface area contributed by atoms with Crippen LogP contribution in [0.3, 0.4) is 0 Å². The molecule has 110 valence electrons. The van der Waals surface area contributed by atoms with E-state index in [-0.39, 0.29) is 5.02 Å². The molecule has 1 amide bonds. The van der Waals surface area contributed by atoms with E-state index in [1.807, 2.05) is 0 Å². The van der Waals surface area contributed by atoms with Crippen LogP contribution in [0, 0.1) is 0 Å². The van der Waals surface area contributed by atoms with Crippen molar-refractivity contribution in [2.45, 2.75) is 0 Å². The van der Waals surface area contributed by atoms with Crippen LogP contribution < -0.4 is 14.8 Å². The highest BCUT2D eigenvalue weighted by molar-refractivity contribution is 6.34. The van der Waals surface area contributed by atoms with Gasteiger partial charge in [-0.05, 0) is 0 Å². The lowest BCUT2D eigenvalue weighted by Gasteiger charge is -2.12. The maximum absolute atomic E-state index is 11.5. The Hall–Kier alpha value is -1.99. The lowest BCUT2D eigenvalue weighted by atomic mass is 10.2. The largest absolute Gasteiger partial charge is 0.493 e. The summed E-state index contributed by atoms with van der Waals surface area (Å²) in [5.74, 6) is -0.849. The zero-order chi connectivity index (χ0) is 15.1. The fraction of sp³-hybridized carbons (Fsp3) is 0.333. The van der Waals surface area contributed by atoms with Crippen LogP contribution >= 0.6 is 11.6 Å². The minimum atomic E-state index is -1.15. The first kappa shape index (κ1) is 16.1. The number of amides is 1. The van der Waals surface area contributed by atoms with Gasteiger partial charge in [-0.3, -0.25) is 4.79 Å². The van der Waals surface area contributed by atoms with Crippen LogP contribution in [-0.2, 0) is 14.3 Å². The number of rotatable bonds is 7. The third kappa shape index (κ3) is 4.60. The number of carboxylic acid groups (broad SMARTS) is 1. The second kappa shape index (κ2) is 7.56. The molecule has 0 fully saturated rings. The number of benzene rings is 1. The van der Waals surface area contributed by atoms with E-state index in [0.29, 0.717) is 17.2 Å². The minimum absolute atomic E-state index is 0.259. The number of nitrogens with one attached hydrogen (secondary N) is 1. The van der Waals surface area contributed by atoms with Crippen molar-refractivity contribution >= 4 is 29.2 Å². The van der Waals surface area contributed by atoms with Gasteiger partial charge in [-0.2, -0.15) is 0 Å². The molecule has 0 unspecified atom stereocenters. The second-order valence-electron chi connectivity index (χ2n) is 3.62. The normalized spacial score (nSPS) is 9.95. The SMILES string of the molecule is COc1cc(Cl)c(NC(=O)COCC(=O)O)cc1OC. The molecule has 0 saturated carbocycles. The first-order valence-electron chi connectivity index (χ1n) is 5.48. The Morgan fingerprint density at radius 3 is 2.35 bits per heavy atom. The lowest BCUT2D eigenvalue weighted by Crippen LogP contribution is -2.20. The van der Waals surface area contributed by atoms with Crippen LogP contribution in [0.4, 0.5) is 5.69 Å². The Kier molecular flexibility index (Phi) is 6.08. The first-order valence-corrected chi connectivity index (χ1v) is 5.86. The van der Waals surface area contributed by atoms with E-state index in [9.17, 15) is 9.59 Å². The third-order valence-electron chi connectivity index (χ3n) is 2.21. The summed E-state index contributed by atoms with van der Waals surface area (Å²) in [4.78, 5) is 21.8. The molecule has 0 aromatic heterocycles. The molecule has 1 rings (SSSR count). The Bertz CT molecular complexity index is 505. The molecular weight excluding hydrogens is 290 g/mol. The summed E-state index contributed by atoms with van der Waals surface area (Å²) >= 11 is 5.98. The summed E-state index contributed by atoms with van der Waals surface area (Å²) in [7, 11) is 2.92. The molecular formula is C12H14ClNO6. The van der Waals surface area contributed by atoms with Gasteiger partial charge in [-0.25, -0.2) is 4.79 Å². The van der Waals surface area contributed by atoms with Crippen molar-refractivity contribution in [1.82, 2.24) is 0 Å². The van der Waals surface area contributed by atoms with E-state index in [1.165, 1.54) is 26.4 Å². The number of aliphatic carboxylic acids is 1. The van der Waals surface area contributed by atoms with Gasteiger partial charge in [0.15, 0.2) is 11.5 Å². The van der Waals surface area contributed by atoms with Crippen LogP contribution in [0.2, 0.25) is 5.02 Å². The van der Waals surface area contributed by atoms with Crippen LogP contribution in [-0.4, -0.2) is 44.4 Å². The average molecular weight is 304 g/mol. The number of carbonyl (C=O) groups is 2. The summed E-state index contributed by atoms with van der Waals surface area (Å²) in [6.07, 6.45) is 0. The molecule has 0 bridgehead atoms. The maximum Gasteiger partial charge on any atom is 0.329 e. The standard InChI is InChI=1S/C12H14ClNO6/c1-18-9-3-7(13)8(4-10(9)19-2)14-11(15)5-20-6-12(16)17/h3-4H,5-6H2,1-2H3,(H,14,15)(H,16,17). The third-order valence-corrected chi connectivity index (χ3v) is 2.52. The second-order valence-corrected chi connectivity index (χ2v) is 4.03. The van der Waals surface area contributed by atoms with Crippen LogP contribution in [0.15, 0.2) is 12.1 Å². The van der Waals surface area contributed by atoms with Crippen LogP contribution in [0.25, 0.3) is 0 Å². The smallest absolute Gasteiger partial charge is 0.329 e. The first-order chi connectivity index (χ1) is 9.47. The number of hydrogen-bond donors (Lipinski definition) is 2. The highest BCUT2D eigenvalue weighted by Crippen LogP contribution is 2.35. The summed E-state index contributed by atoms with van der Waals surface area (Å²) < 4.78 is 14.8. The molecule has 0 radical (unpaired) electrons. The zero-order valence-electron chi connectivity index (χ0n) is 10.9. The van der Waals surface area contributed by atoms with Gasteiger partial charge in [0.05, 0.1) is 24.9 Å². The monoisotopic (exact) mass is 303 g/mol. The van der Waals surface area contributed by atoms with Gasteiger partial charge in [-0.1, -0.05) is 11.6 Å². The minimum Gasteiger partial charge on any atom is -0.493 e. The molecule has 0 aliphatic carbocycles. The van der Waals surface area contributed by atoms with Gasteiger partial charge in [0, 0.05) is 12.1 Å². The van der Waals surface area contributed by atoms with Crippen molar-refractivity contribution in [3.05, 3.63) is 17.2 Å². The molecule has 0 heterocycles. The molecule has 1 aromatic carbocycles.